The van der Waals surface area contributed by atoms with Gasteiger partial charge in [-0.3, -0.25) is 9.69 Å². The van der Waals surface area contributed by atoms with Crippen LogP contribution in [0.25, 0.3) is 11.1 Å². The van der Waals surface area contributed by atoms with Gasteiger partial charge in [-0.15, -0.1) is 0 Å². The SMILES string of the molecule is O=C(O)Cc1cc(-c2ccccc2C(F)(F)F)c2c(c1)N(c1c(Cl)cccc1Cl)C(=O)NC2. The molecule has 0 bridgehead atoms. The third-order valence-corrected chi connectivity index (χ3v) is 5.80. The number of rotatable bonds is 4. The molecule has 1 aliphatic heterocycles. The second-order valence-corrected chi connectivity index (χ2v) is 8.13. The molecule has 0 aromatic heterocycles. The molecule has 10 heteroatoms. The van der Waals surface area contributed by atoms with Crippen molar-refractivity contribution in [3.63, 3.8) is 0 Å². The van der Waals surface area contributed by atoms with Crippen LogP contribution in [0.4, 0.5) is 29.3 Å². The Kier molecular flexibility index (Phi) is 5.99. The molecule has 0 fully saturated rings. The van der Waals surface area contributed by atoms with Crippen molar-refractivity contribution in [2.24, 2.45) is 0 Å². The number of nitrogens with zero attached hydrogens (tertiary/aromatic N) is 1. The first-order valence-corrected chi connectivity index (χ1v) is 10.4. The van der Waals surface area contributed by atoms with Crippen molar-refractivity contribution in [3.8, 4) is 11.1 Å². The van der Waals surface area contributed by atoms with Crippen LogP contribution in [0.5, 0.6) is 0 Å². The fourth-order valence-electron chi connectivity index (χ4n) is 3.86. The number of amides is 2. The molecule has 3 aromatic rings. The number of hydrogen-bond donors (Lipinski definition) is 2. The van der Waals surface area contributed by atoms with E-state index in [2.05, 4.69) is 5.32 Å². The van der Waals surface area contributed by atoms with Crippen molar-refractivity contribution < 1.29 is 27.9 Å². The Morgan fingerprint density at radius 3 is 2.33 bits per heavy atom. The summed E-state index contributed by atoms with van der Waals surface area (Å²) in [5, 5.41) is 12.3. The average Bonchev–Trinajstić information content (AvgIpc) is 2.73. The highest BCUT2D eigenvalue weighted by Crippen LogP contribution is 2.45. The molecule has 3 aromatic carbocycles. The zero-order valence-electron chi connectivity index (χ0n) is 16.7. The molecule has 2 N–H and O–H groups in total. The first kappa shape index (κ1) is 22.9. The van der Waals surface area contributed by atoms with Gasteiger partial charge in [-0.25, -0.2) is 4.79 Å². The van der Waals surface area contributed by atoms with Gasteiger partial charge in [0, 0.05) is 12.1 Å². The highest BCUT2D eigenvalue weighted by atomic mass is 35.5. The molecular weight excluding hydrogens is 480 g/mol. The number of anilines is 2. The van der Waals surface area contributed by atoms with Crippen LogP contribution in [-0.4, -0.2) is 17.1 Å². The second-order valence-electron chi connectivity index (χ2n) is 7.32. The Labute approximate surface area is 196 Å². The largest absolute Gasteiger partial charge is 0.481 e. The Bertz CT molecular complexity index is 1260. The molecule has 1 aliphatic rings. The molecular formula is C23H15Cl2F3N2O3. The second kappa shape index (κ2) is 8.61. The van der Waals surface area contributed by atoms with Crippen LogP contribution in [0.3, 0.4) is 0 Å². The number of fused-ring (bicyclic) bond motifs is 1. The Hall–Kier alpha value is -3.23. The number of para-hydroxylation sites is 1. The summed E-state index contributed by atoms with van der Waals surface area (Å²) in [6.07, 6.45) is -5.10. The zero-order chi connectivity index (χ0) is 23.9. The number of urea groups is 1. The van der Waals surface area contributed by atoms with E-state index in [1.54, 1.807) is 6.07 Å². The molecule has 2 amide bonds. The van der Waals surface area contributed by atoms with Crippen LogP contribution in [0.2, 0.25) is 10.0 Å². The molecule has 0 atom stereocenters. The minimum atomic E-state index is -4.64. The predicted molar refractivity (Wildman–Crippen MR) is 119 cm³/mol. The van der Waals surface area contributed by atoms with E-state index in [-0.39, 0.29) is 44.7 Å². The van der Waals surface area contributed by atoms with E-state index in [1.165, 1.54) is 42.5 Å². The third-order valence-electron chi connectivity index (χ3n) is 5.19. The number of nitrogens with one attached hydrogen (secondary N) is 1. The van der Waals surface area contributed by atoms with Crippen molar-refractivity contribution in [2.75, 3.05) is 4.90 Å². The third kappa shape index (κ3) is 4.36. The molecule has 0 radical (unpaired) electrons. The van der Waals surface area contributed by atoms with Crippen LogP contribution in [0, 0.1) is 0 Å². The number of carbonyl (C=O) groups is 2. The molecule has 4 rings (SSSR count). The molecule has 33 heavy (non-hydrogen) atoms. The molecule has 0 saturated heterocycles. The summed E-state index contributed by atoms with van der Waals surface area (Å²) in [6, 6.07) is 11.9. The number of benzene rings is 3. The maximum atomic E-state index is 13.8. The number of aliphatic carboxylic acids is 1. The lowest BCUT2D eigenvalue weighted by atomic mass is 9.90. The summed E-state index contributed by atoms with van der Waals surface area (Å²) in [5.41, 5.74) is 0.0902. The van der Waals surface area contributed by atoms with E-state index in [4.69, 9.17) is 23.2 Å². The summed E-state index contributed by atoms with van der Waals surface area (Å²) >= 11 is 12.6. The Morgan fingerprint density at radius 1 is 1.03 bits per heavy atom. The van der Waals surface area contributed by atoms with E-state index >= 15 is 0 Å². The lowest BCUT2D eigenvalue weighted by Gasteiger charge is -2.33. The Morgan fingerprint density at radius 2 is 1.70 bits per heavy atom. The van der Waals surface area contributed by atoms with Crippen LogP contribution in [-0.2, 0) is 23.9 Å². The van der Waals surface area contributed by atoms with Gasteiger partial charge in [0.2, 0.25) is 0 Å². The van der Waals surface area contributed by atoms with Gasteiger partial charge < -0.3 is 10.4 Å². The van der Waals surface area contributed by atoms with Gasteiger partial charge in [0.15, 0.2) is 0 Å². The predicted octanol–water partition coefficient (Wildman–Crippen LogP) is 6.67. The van der Waals surface area contributed by atoms with Gasteiger partial charge in [-0.05, 0) is 41.0 Å². The number of carbonyl (C=O) groups excluding carboxylic acids is 1. The van der Waals surface area contributed by atoms with Crippen LogP contribution in [0.1, 0.15) is 16.7 Å². The van der Waals surface area contributed by atoms with E-state index in [0.717, 1.165) is 11.0 Å². The molecule has 0 saturated carbocycles. The van der Waals surface area contributed by atoms with Gasteiger partial charge in [0.1, 0.15) is 0 Å². The molecule has 170 valence electrons. The Balaban J connectivity index is 2.04. The normalized spacial score (nSPS) is 13.5. The summed E-state index contributed by atoms with van der Waals surface area (Å²) in [6.45, 7) is -0.0678. The summed E-state index contributed by atoms with van der Waals surface area (Å²) in [4.78, 5) is 25.5. The molecule has 1 heterocycles. The van der Waals surface area contributed by atoms with Gasteiger partial charge in [-0.1, -0.05) is 53.5 Å². The zero-order valence-corrected chi connectivity index (χ0v) is 18.2. The van der Waals surface area contributed by atoms with Gasteiger partial charge in [0.25, 0.3) is 0 Å². The van der Waals surface area contributed by atoms with Gasteiger partial charge in [-0.2, -0.15) is 13.2 Å². The lowest BCUT2D eigenvalue weighted by Crippen LogP contribution is -2.41. The number of carboxylic acids is 1. The number of alkyl halides is 3. The monoisotopic (exact) mass is 494 g/mol. The molecule has 5 nitrogen and oxygen atoms in total. The van der Waals surface area contributed by atoms with E-state index < -0.39 is 30.2 Å². The van der Waals surface area contributed by atoms with Crippen LogP contribution >= 0.6 is 23.2 Å². The minimum absolute atomic E-state index is 0.0678. The fraction of sp³-hybridized carbons (Fsp3) is 0.130. The van der Waals surface area contributed by atoms with Crippen LogP contribution in [0.15, 0.2) is 54.6 Å². The number of carboxylic acid groups (broad SMARTS) is 1. The highest BCUT2D eigenvalue weighted by molar-refractivity contribution is 6.40. The summed E-state index contributed by atoms with van der Waals surface area (Å²) in [7, 11) is 0. The minimum Gasteiger partial charge on any atom is -0.481 e. The maximum Gasteiger partial charge on any atom is 0.417 e. The maximum absolute atomic E-state index is 13.8. The number of hydrogen-bond acceptors (Lipinski definition) is 2. The van der Waals surface area contributed by atoms with Crippen molar-refractivity contribution in [1.29, 1.82) is 0 Å². The van der Waals surface area contributed by atoms with Gasteiger partial charge >= 0.3 is 18.2 Å². The van der Waals surface area contributed by atoms with Crippen molar-refractivity contribution >= 4 is 46.6 Å². The highest BCUT2D eigenvalue weighted by Gasteiger charge is 2.36. The number of halogens is 5. The van der Waals surface area contributed by atoms with E-state index in [1.807, 2.05) is 0 Å². The average molecular weight is 495 g/mol. The van der Waals surface area contributed by atoms with Gasteiger partial charge in [0.05, 0.1) is 33.4 Å². The van der Waals surface area contributed by atoms with E-state index in [9.17, 15) is 27.9 Å². The fourth-order valence-corrected chi connectivity index (χ4v) is 4.43. The molecule has 0 unspecified atom stereocenters. The van der Waals surface area contributed by atoms with E-state index in [0.29, 0.717) is 5.56 Å². The van der Waals surface area contributed by atoms with Crippen LogP contribution < -0.4 is 10.2 Å². The standard InChI is InChI=1S/C23H15Cl2F3N2O3/c24-17-6-3-7-18(25)21(17)30-19-9-12(10-20(31)32)8-14(15(19)11-29-22(30)33)13-4-1-2-5-16(13)23(26,27)28/h1-9H,10-11H2,(H,29,33)(H,31,32). The summed E-state index contributed by atoms with van der Waals surface area (Å²) < 4.78 is 41.3. The summed E-state index contributed by atoms with van der Waals surface area (Å²) in [5.74, 6) is -1.17. The van der Waals surface area contributed by atoms with Crippen molar-refractivity contribution in [1.82, 2.24) is 5.32 Å². The quantitative estimate of drug-likeness (QED) is 0.425. The molecule has 0 spiro atoms. The lowest BCUT2D eigenvalue weighted by molar-refractivity contribution is -0.137. The molecule has 0 aliphatic carbocycles. The van der Waals surface area contributed by atoms with Crippen molar-refractivity contribution in [3.05, 3.63) is 81.3 Å². The first-order valence-electron chi connectivity index (χ1n) is 9.64. The van der Waals surface area contributed by atoms with Crippen molar-refractivity contribution in [2.45, 2.75) is 19.1 Å². The smallest absolute Gasteiger partial charge is 0.417 e. The first-order chi connectivity index (χ1) is 15.6. The topological polar surface area (TPSA) is 69.6 Å².